The minimum absolute atomic E-state index is 0.169. The van der Waals surface area contributed by atoms with Crippen LogP contribution < -0.4 is 16.4 Å². The maximum absolute atomic E-state index is 11.4. The molecule has 0 saturated heterocycles. The summed E-state index contributed by atoms with van der Waals surface area (Å²) in [7, 11) is 0. The highest BCUT2D eigenvalue weighted by Crippen LogP contribution is 2.20. The van der Waals surface area contributed by atoms with Crippen molar-refractivity contribution >= 4 is 11.9 Å². The molecule has 0 radical (unpaired) electrons. The molecule has 0 bridgehead atoms. The van der Waals surface area contributed by atoms with Gasteiger partial charge in [-0.15, -0.1) is 0 Å². The summed E-state index contributed by atoms with van der Waals surface area (Å²) in [6, 6.07) is 8.85. The molecule has 1 heterocycles. The fourth-order valence-corrected chi connectivity index (χ4v) is 1.67. The van der Waals surface area contributed by atoms with Crippen molar-refractivity contribution in [2.75, 3.05) is 6.54 Å². The third-order valence-corrected chi connectivity index (χ3v) is 2.78. The fourth-order valence-electron chi connectivity index (χ4n) is 1.67. The lowest BCUT2D eigenvalue weighted by Gasteiger charge is -2.02. The number of benzene rings is 1. The molecule has 21 heavy (non-hydrogen) atoms. The van der Waals surface area contributed by atoms with Crippen LogP contribution in [0.4, 0.5) is 4.79 Å². The number of amides is 3. The van der Waals surface area contributed by atoms with E-state index in [1.807, 2.05) is 31.2 Å². The van der Waals surface area contributed by atoms with Gasteiger partial charge < -0.3 is 20.9 Å². The lowest BCUT2D eigenvalue weighted by Crippen LogP contribution is -2.39. The monoisotopic (exact) mass is 288 g/mol. The SMILES string of the molecule is Cc1ccc(-c2cc(CNC(=O)CNC(N)=O)no2)cc1. The van der Waals surface area contributed by atoms with E-state index in [1.165, 1.54) is 0 Å². The molecule has 0 aliphatic heterocycles. The van der Waals surface area contributed by atoms with Crippen molar-refractivity contribution in [3.63, 3.8) is 0 Å². The Kier molecular flexibility index (Phi) is 4.55. The molecular weight excluding hydrogens is 272 g/mol. The molecule has 3 amide bonds. The molecule has 2 aromatic rings. The van der Waals surface area contributed by atoms with Crippen LogP contribution in [0.15, 0.2) is 34.9 Å². The number of nitrogens with two attached hydrogens (primary N) is 1. The fraction of sp³-hybridized carbons (Fsp3) is 0.214. The zero-order valence-corrected chi connectivity index (χ0v) is 11.6. The molecule has 4 N–H and O–H groups in total. The van der Waals surface area contributed by atoms with E-state index in [2.05, 4.69) is 15.8 Å². The number of aromatic nitrogens is 1. The number of hydrogen-bond donors (Lipinski definition) is 3. The first-order chi connectivity index (χ1) is 10.0. The molecular formula is C14H16N4O3. The van der Waals surface area contributed by atoms with E-state index in [9.17, 15) is 9.59 Å². The van der Waals surface area contributed by atoms with Gasteiger partial charge in [-0.3, -0.25) is 4.79 Å². The summed E-state index contributed by atoms with van der Waals surface area (Å²) < 4.78 is 5.23. The second-order valence-electron chi connectivity index (χ2n) is 4.54. The molecule has 110 valence electrons. The summed E-state index contributed by atoms with van der Waals surface area (Å²) >= 11 is 0. The van der Waals surface area contributed by atoms with Crippen molar-refractivity contribution in [3.05, 3.63) is 41.6 Å². The Bertz CT molecular complexity index is 634. The van der Waals surface area contributed by atoms with Crippen molar-refractivity contribution in [1.29, 1.82) is 0 Å². The molecule has 2 rings (SSSR count). The molecule has 0 aliphatic rings. The molecule has 0 saturated carbocycles. The van der Waals surface area contributed by atoms with Gasteiger partial charge >= 0.3 is 6.03 Å². The quantitative estimate of drug-likeness (QED) is 0.760. The lowest BCUT2D eigenvalue weighted by molar-refractivity contribution is -0.120. The van der Waals surface area contributed by atoms with Gasteiger partial charge in [0.1, 0.15) is 5.69 Å². The van der Waals surface area contributed by atoms with Crippen LogP contribution in [-0.4, -0.2) is 23.6 Å². The number of aryl methyl sites for hydroxylation is 1. The second kappa shape index (κ2) is 6.56. The van der Waals surface area contributed by atoms with Crippen LogP contribution in [0.25, 0.3) is 11.3 Å². The van der Waals surface area contributed by atoms with Gasteiger partial charge in [-0.1, -0.05) is 35.0 Å². The highest BCUT2D eigenvalue weighted by molar-refractivity contribution is 5.83. The van der Waals surface area contributed by atoms with Crippen LogP contribution >= 0.6 is 0 Å². The largest absolute Gasteiger partial charge is 0.356 e. The molecule has 7 heteroatoms. The summed E-state index contributed by atoms with van der Waals surface area (Å²) in [6.07, 6.45) is 0. The summed E-state index contributed by atoms with van der Waals surface area (Å²) in [4.78, 5) is 21.9. The Morgan fingerprint density at radius 2 is 1.95 bits per heavy atom. The Morgan fingerprint density at radius 1 is 1.24 bits per heavy atom. The molecule has 7 nitrogen and oxygen atoms in total. The van der Waals surface area contributed by atoms with Crippen molar-refractivity contribution in [1.82, 2.24) is 15.8 Å². The van der Waals surface area contributed by atoms with Gasteiger partial charge in [-0.05, 0) is 6.92 Å². The van der Waals surface area contributed by atoms with E-state index in [1.54, 1.807) is 6.07 Å². The zero-order chi connectivity index (χ0) is 15.2. The van der Waals surface area contributed by atoms with Gasteiger partial charge in [-0.25, -0.2) is 4.79 Å². The van der Waals surface area contributed by atoms with Gasteiger partial charge in [0.15, 0.2) is 5.76 Å². The maximum atomic E-state index is 11.4. The first-order valence-corrected chi connectivity index (χ1v) is 6.37. The minimum atomic E-state index is -0.742. The van der Waals surface area contributed by atoms with Crippen molar-refractivity contribution in [2.45, 2.75) is 13.5 Å². The molecule has 1 aromatic heterocycles. The Balaban J connectivity index is 1.90. The topological polar surface area (TPSA) is 110 Å². The van der Waals surface area contributed by atoms with Crippen LogP contribution in [0, 0.1) is 6.92 Å². The van der Waals surface area contributed by atoms with Gasteiger partial charge in [0.2, 0.25) is 5.91 Å². The van der Waals surface area contributed by atoms with Gasteiger partial charge in [0, 0.05) is 11.6 Å². The Morgan fingerprint density at radius 3 is 2.62 bits per heavy atom. The van der Waals surface area contributed by atoms with Gasteiger partial charge in [0.05, 0.1) is 13.1 Å². The van der Waals surface area contributed by atoms with E-state index in [0.717, 1.165) is 11.1 Å². The number of primary amides is 1. The standard InChI is InChI=1S/C14H16N4O3/c1-9-2-4-10(5-3-9)12-6-11(18-21-12)7-16-13(19)8-17-14(15)20/h2-6H,7-8H2,1H3,(H,16,19)(H3,15,17,20). The Hall–Kier alpha value is -2.83. The highest BCUT2D eigenvalue weighted by atomic mass is 16.5. The smallest absolute Gasteiger partial charge is 0.312 e. The molecule has 1 aromatic carbocycles. The lowest BCUT2D eigenvalue weighted by atomic mass is 10.1. The first kappa shape index (κ1) is 14.6. The van der Waals surface area contributed by atoms with Crippen LogP contribution in [0.2, 0.25) is 0 Å². The normalized spacial score (nSPS) is 10.1. The first-order valence-electron chi connectivity index (χ1n) is 6.37. The number of hydrogen-bond acceptors (Lipinski definition) is 4. The van der Waals surface area contributed by atoms with E-state index < -0.39 is 6.03 Å². The van der Waals surface area contributed by atoms with E-state index in [0.29, 0.717) is 11.5 Å². The highest BCUT2D eigenvalue weighted by Gasteiger charge is 2.08. The summed E-state index contributed by atoms with van der Waals surface area (Å²) in [6.45, 7) is 2.05. The van der Waals surface area contributed by atoms with Crippen LogP contribution in [-0.2, 0) is 11.3 Å². The zero-order valence-electron chi connectivity index (χ0n) is 11.6. The van der Waals surface area contributed by atoms with Gasteiger partial charge in [0.25, 0.3) is 0 Å². The number of nitrogens with one attached hydrogen (secondary N) is 2. The van der Waals surface area contributed by atoms with Crippen molar-refractivity contribution in [2.24, 2.45) is 5.73 Å². The van der Waals surface area contributed by atoms with E-state index >= 15 is 0 Å². The minimum Gasteiger partial charge on any atom is -0.356 e. The Labute approximate surface area is 121 Å². The molecule has 0 atom stereocenters. The predicted molar refractivity (Wildman–Crippen MR) is 76.1 cm³/mol. The molecule has 0 fully saturated rings. The number of nitrogens with zero attached hydrogens (tertiary/aromatic N) is 1. The number of carbonyl (C=O) groups is 2. The van der Waals surface area contributed by atoms with Crippen LogP contribution in [0.1, 0.15) is 11.3 Å². The van der Waals surface area contributed by atoms with Gasteiger partial charge in [-0.2, -0.15) is 0 Å². The number of urea groups is 1. The third-order valence-electron chi connectivity index (χ3n) is 2.78. The van der Waals surface area contributed by atoms with E-state index in [-0.39, 0.29) is 19.0 Å². The molecule has 0 unspecified atom stereocenters. The van der Waals surface area contributed by atoms with Crippen LogP contribution in [0.5, 0.6) is 0 Å². The molecule has 0 spiro atoms. The number of rotatable bonds is 5. The molecule has 0 aliphatic carbocycles. The maximum Gasteiger partial charge on any atom is 0.312 e. The second-order valence-corrected chi connectivity index (χ2v) is 4.54. The summed E-state index contributed by atoms with van der Waals surface area (Å²) in [5.74, 6) is 0.281. The van der Waals surface area contributed by atoms with Crippen molar-refractivity contribution in [3.8, 4) is 11.3 Å². The van der Waals surface area contributed by atoms with Crippen molar-refractivity contribution < 1.29 is 14.1 Å². The van der Waals surface area contributed by atoms with E-state index in [4.69, 9.17) is 10.3 Å². The summed E-state index contributed by atoms with van der Waals surface area (Å²) in [5.41, 5.74) is 7.54. The average Bonchev–Trinajstić information content (AvgIpc) is 2.92. The summed E-state index contributed by atoms with van der Waals surface area (Å²) in [5, 5.41) is 8.68. The average molecular weight is 288 g/mol. The number of carbonyl (C=O) groups excluding carboxylic acids is 2. The van der Waals surface area contributed by atoms with Crippen LogP contribution in [0.3, 0.4) is 0 Å². The predicted octanol–water partition coefficient (Wildman–Crippen LogP) is 0.935. The third kappa shape index (κ3) is 4.34.